The van der Waals surface area contributed by atoms with Crippen molar-refractivity contribution in [3.05, 3.63) is 60.7 Å². The van der Waals surface area contributed by atoms with E-state index in [9.17, 15) is 9.59 Å². The van der Waals surface area contributed by atoms with Crippen molar-refractivity contribution in [3.8, 4) is 11.1 Å². The van der Waals surface area contributed by atoms with Crippen LogP contribution >= 0.6 is 0 Å². The Morgan fingerprint density at radius 1 is 1.13 bits per heavy atom. The van der Waals surface area contributed by atoms with Crippen LogP contribution < -0.4 is 5.32 Å². The number of likely N-dealkylation sites (tertiary alicyclic amines) is 1. The summed E-state index contributed by atoms with van der Waals surface area (Å²) < 4.78 is 6.98. The molecular weight excluding hydrogens is 496 g/mol. The number of hydrogen-bond acceptors (Lipinski definition) is 7. The molecule has 2 aliphatic heterocycles. The zero-order valence-corrected chi connectivity index (χ0v) is 21.8. The van der Waals surface area contributed by atoms with Crippen molar-refractivity contribution in [1.29, 1.82) is 0 Å². The van der Waals surface area contributed by atoms with Crippen LogP contribution in [0.25, 0.3) is 27.7 Å². The molecule has 2 fully saturated rings. The summed E-state index contributed by atoms with van der Waals surface area (Å²) in [5.74, 6) is -0.200. The molecule has 0 spiro atoms. The summed E-state index contributed by atoms with van der Waals surface area (Å²) in [6, 6.07) is 7.51. The molecule has 4 aromatic rings. The highest BCUT2D eigenvalue weighted by Gasteiger charge is 2.32. The minimum Gasteiger partial charge on any atom is -0.379 e. The predicted octanol–water partition coefficient (Wildman–Crippen LogP) is 1.81. The number of rotatable bonds is 8. The van der Waals surface area contributed by atoms with Gasteiger partial charge >= 0.3 is 0 Å². The molecule has 1 atom stereocenters. The maximum absolute atomic E-state index is 13.0. The molecule has 0 aliphatic carbocycles. The molecule has 0 unspecified atom stereocenters. The average molecular weight is 529 g/mol. The van der Waals surface area contributed by atoms with Crippen LogP contribution in [0.15, 0.2) is 55.0 Å². The van der Waals surface area contributed by atoms with E-state index in [-0.39, 0.29) is 11.8 Å². The molecular formula is C28H32N8O3. The largest absolute Gasteiger partial charge is 0.379 e. The van der Waals surface area contributed by atoms with Gasteiger partial charge in [-0.25, -0.2) is 4.98 Å². The molecule has 0 aromatic carbocycles. The number of carbonyl (C=O) groups is 2. The summed E-state index contributed by atoms with van der Waals surface area (Å²) >= 11 is 0. The fourth-order valence-electron chi connectivity index (χ4n) is 5.41. The Morgan fingerprint density at radius 2 is 2.03 bits per heavy atom. The lowest BCUT2D eigenvalue weighted by Gasteiger charge is -2.25. The molecule has 11 nitrogen and oxygen atoms in total. The molecule has 2 amide bonds. The van der Waals surface area contributed by atoms with Crippen LogP contribution in [0.4, 0.5) is 0 Å². The van der Waals surface area contributed by atoms with Gasteiger partial charge in [0.05, 0.1) is 24.9 Å². The minimum absolute atomic E-state index is 0.0991. The number of aromatic nitrogens is 5. The third kappa shape index (κ3) is 5.41. The highest BCUT2D eigenvalue weighted by molar-refractivity contribution is 5.97. The number of fused-ring (bicyclic) bond motifs is 2. The number of pyridine rings is 1. The number of H-pyrrole nitrogens is 1. The van der Waals surface area contributed by atoms with Crippen molar-refractivity contribution in [2.45, 2.75) is 25.3 Å². The highest BCUT2D eigenvalue weighted by atomic mass is 16.5. The van der Waals surface area contributed by atoms with Crippen LogP contribution in [-0.4, -0.2) is 98.4 Å². The van der Waals surface area contributed by atoms with Gasteiger partial charge in [0, 0.05) is 74.3 Å². The van der Waals surface area contributed by atoms with Crippen LogP contribution in [0.3, 0.4) is 0 Å². The molecule has 0 bridgehead atoms. The van der Waals surface area contributed by atoms with Crippen LogP contribution in [0.2, 0.25) is 0 Å². The van der Waals surface area contributed by atoms with E-state index < -0.39 is 6.04 Å². The maximum Gasteiger partial charge on any atom is 0.246 e. The number of nitrogens with one attached hydrogen (secondary N) is 2. The lowest BCUT2D eigenvalue weighted by atomic mass is 10.1. The molecule has 11 heteroatoms. The van der Waals surface area contributed by atoms with Crippen LogP contribution in [-0.2, 0) is 20.7 Å². The number of morpholine rings is 1. The minimum atomic E-state index is -0.425. The van der Waals surface area contributed by atoms with Gasteiger partial charge in [0.25, 0.3) is 0 Å². The summed E-state index contributed by atoms with van der Waals surface area (Å²) in [6.45, 7) is 4.99. The van der Waals surface area contributed by atoms with Gasteiger partial charge in [0.1, 0.15) is 11.7 Å². The van der Waals surface area contributed by atoms with Gasteiger partial charge in [0.2, 0.25) is 11.8 Å². The van der Waals surface area contributed by atoms with Gasteiger partial charge in [-0.1, -0.05) is 6.08 Å². The van der Waals surface area contributed by atoms with E-state index >= 15 is 0 Å². The molecule has 0 saturated carbocycles. The van der Waals surface area contributed by atoms with E-state index in [0.717, 1.165) is 72.6 Å². The van der Waals surface area contributed by atoms with Crippen molar-refractivity contribution in [3.63, 3.8) is 0 Å². The smallest absolute Gasteiger partial charge is 0.246 e. The van der Waals surface area contributed by atoms with Crippen molar-refractivity contribution in [2.24, 2.45) is 0 Å². The van der Waals surface area contributed by atoms with E-state index in [4.69, 9.17) is 4.74 Å². The second-order valence-electron chi connectivity index (χ2n) is 9.92. The molecule has 6 heterocycles. The number of aromatic amines is 1. The molecule has 2 saturated heterocycles. The zero-order chi connectivity index (χ0) is 26.6. The normalized spacial score (nSPS) is 18.5. The van der Waals surface area contributed by atoms with Crippen LogP contribution in [0.1, 0.15) is 18.5 Å². The van der Waals surface area contributed by atoms with Gasteiger partial charge in [-0.05, 0) is 42.7 Å². The first kappa shape index (κ1) is 25.2. The third-order valence-electron chi connectivity index (χ3n) is 7.44. The Kier molecular flexibility index (Phi) is 7.33. The van der Waals surface area contributed by atoms with E-state index in [2.05, 4.69) is 36.4 Å². The predicted molar refractivity (Wildman–Crippen MR) is 146 cm³/mol. The van der Waals surface area contributed by atoms with Gasteiger partial charge < -0.3 is 19.9 Å². The number of hydrogen-bond donors (Lipinski definition) is 2. The second-order valence-corrected chi connectivity index (χ2v) is 9.92. The molecule has 4 aromatic heterocycles. The van der Waals surface area contributed by atoms with Crippen molar-refractivity contribution >= 4 is 28.4 Å². The Morgan fingerprint density at radius 3 is 2.92 bits per heavy atom. The lowest BCUT2D eigenvalue weighted by Crippen LogP contribution is -2.46. The summed E-state index contributed by atoms with van der Waals surface area (Å²) in [5, 5.41) is 12.6. The summed E-state index contributed by atoms with van der Waals surface area (Å²) in [4.78, 5) is 37.6. The molecule has 2 N–H and O–H groups in total. The van der Waals surface area contributed by atoms with Crippen molar-refractivity contribution in [1.82, 2.24) is 39.9 Å². The summed E-state index contributed by atoms with van der Waals surface area (Å²) in [6.07, 6.45) is 10.9. The Labute approximate surface area is 225 Å². The SMILES string of the molecule is O=C(NCCc1cc2c(-c3cnn4ncccc34)ccnc2[nH]1)[C@@H]1CCCN1C(=O)/C=C/CN1CCOCC1. The molecule has 0 radical (unpaired) electrons. The van der Waals surface area contributed by atoms with Gasteiger partial charge in [-0.3, -0.25) is 14.5 Å². The van der Waals surface area contributed by atoms with Gasteiger partial charge in [-0.15, -0.1) is 0 Å². The molecule has 202 valence electrons. The van der Waals surface area contributed by atoms with Crippen LogP contribution in [0, 0.1) is 0 Å². The number of carbonyl (C=O) groups excluding carboxylic acids is 2. The standard InChI is InChI=1S/C28H32N8O3/c37-26(6-3-12-34-14-16-39-17-15-34)35-13-2-5-25(35)28(38)30-10-7-20-18-22-21(8-11-29-27(22)33-20)23-19-32-36-24(23)4-1-9-31-36/h1,3-4,6,8-9,11,18-19,25H,2,5,7,10,12-17H2,(H,29,33)(H,30,38)/b6-3+/t25-/m0/s1. The monoisotopic (exact) mass is 528 g/mol. The van der Waals surface area contributed by atoms with E-state index in [0.29, 0.717) is 25.9 Å². The molecule has 39 heavy (non-hydrogen) atoms. The number of nitrogens with zero attached hydrogens (tertiary/aromatic N) is 6. The Hall–Kier alpha value is -4.09. The van der Waals surface area contributed by atoms with Gasteiger partial charge in [0.15, 0.2) is 0 Å². The fourth-order valence-corrected chi connectivity index (χ4v) is 5.41. The summed E-state index contributed by atoms with van der Waals surface area (Å²) in [5.41, 5.74) is 4.70. The van der Waals surface area contributed by atoms with E-state index in [1.165, 1.54) is 0 Å². The zero-order valence-electron chi connectivity index (χ0n) is 21.8. The second kappa shape index (κ2) is 11.3. The Bertz CT molecular complexity index is 1500. The van der Waals surface area contributed by atoms with E-state index in [1.54, 1.807) is 28.0 Å². The van der Waals surface area contributed by atoms with Gasteiger partial charge in [-0.2, -0.15) is 14.8 Å². The number of amides is 2. The average Bonchev–Trinajstić information content (AvgIpc) is 3.71. The summed E-state index contributed by atoms with van der Waals surface area (Å²) in [7, 11) is 0. The van der Waals surface area contributed by atoms with Crippen molar-refractivity contribution in [2.75, 3.05) is 45.9 Å². The Balaban J connectivity index is 1.06. The highest BCUT2D eigenvalue weighted by Crippen LogP contribution is 2.30. The molecule has 6 rings (SSSR count). The maximum atomic E-state index is 13.0. The quantitative estimate of drug-likeness (QED) is 0.335. The van der Waals surface area contributed by atoms with Crippen LogP contribution in [0.5, 0.6) is 0 Å². The first-order valence-corrected chi connectivity index (χ1v) is 13.5. The fraction of sp³-hybridized carbons (Fsp3) is 0.393. The van der Waals surface area contributed by atoms with E-state index in [1.807, 2.05) is 30.5 Å². The third-order valence-corrected chi connectivity index (χ3v) is 7.44. The van der Waals surface area contributed by atoms with Crippen molar-refractivity contribution < 1.29 is 14.3 Å². The molecule has 2 aliphatic rings. The topological polar surface area (TPSA) is 121 Å². The number of ether oxygens (including phenoxy) is 1. The first-order chi connectivity index (χ1) is 19.2. The lowest BCUT2D eigenvalue weighted by molar-refractivity contribution is -0.135. The first-order valence-electron chi connectivity index (χ1n) is 13.5.